The van der Waals surface area contributed by atoms with Gasteiger partial charge in [0.1, 0.15) is 0 Å². The maximum absolute atomic E-state index is 2.72. The molecule has 0 aliphatic carbocycles. The molecule has 0 bridgehead atoms. The van der Waals surface area contributed by atoms with E-state index in [1.165, 1.54) is 142 Å². The van der Waals surface area contributed by atoms with E-state index in [2.05, 4.69) is 284 Å². The minimum atomic E-state index is -0.183. The van der Waals surface area contributed by atoms with Gasteiger partial charge in [0.05, 0.1) is 17.1 Å². The Morgan fingerprint density at radius 1 is 0.346 bits per heavy atom. The number of benzene rings is 10. The number of fused-ring (bicyclic) bond motifs is 6. The minimum absolute atomic E-state index is 0.0247. The van der Waals surface area contributed by atoms with Crippen molar-refractivity contribution in [1.29, 1.82) is 0 Å². The third-order valence-corrected chi connectivity index (χ3v) is 18.5. The molecule has 0 fully saturated rings. The maximum Gasteiger partial charge on any atom is 0.264 e. The Balaban J connectivity index is 1.18. The van der Waals surface area contributed by atoms with Crippen LogP contribution in [0.25, 0.3) is 64.7 Å². The first kappa shape index (κ1) is 50.4. The number of nitrogens with zero attached hydrogens (tertiary/aromatic N) is 2. The second-order valence-electron chi connectivity index (χ2n) is 27.9. The predicted octanol–water partition coefficient (Wildman–Crippen LogP) is 19.7. The largest absolute Gasteiger partial charge is 0.311 e. The van der Waals surface area contributed by atoms with Crippen LogP contribution < -0.4 is 25.5 Å². The Hall–Kier alpha value is -7.14. The van der Waals surface area contributed by atoms with Crippen molar-refractivity contribution in [2.75, 3.05) is 9.80 Å². The standard InChI is InChI=1S/C74H73BN2S/c1-70(2,3)50-29-33-60(55(38-50)44-20-17-16-18-21-44)77-63-43-54(74(13,14)15)42-62-67(63)75(69-68(77)57-40-52(72(7,8)9)31-35-64(57)78-69)58-41-53(73(10,11)12)30-34-61(58)76(62)59-32-28-51(71(4,5)6)39-56(59)49-36-47-26-24-45-22-19-23-46-25-27-48(37-49)66(47)65(45)46/h16-43H,1-15H3. The predicted molar refractivity (Wildman–Crippen MR) is 344 cm³/mol. The lowest BCUT2D eigenvalue weighted by molar-refractivity contribution is 0.589. The van der Waals surface area contributed by atoms with Crippen LogP contribution in [-0.2, 0) is 27.1 Å². The minimum Gasteiger partial charge on any atom is -0.311 e. The van der Waals surface area contributed by atoms with Crippen molar-refractivity contribution in [3.8, 4) is 22.3 Å². The molecule has 0 unspecified atom stereocenters. The summed E-state index contributed by atoms with van der Waals surface area (Å²) in [7, 11) is 0. The van der Waals surface area contributed by atoms with E-state index >= 15 is 0 Å². The molecular formula is C74H73BN2S. The van der Waals surface area contributed by atoms with E-state index < -0.39 is 0 Å². The Morgan fingerprint density at radius 3 is 1.37 bits per heavy atom. The van der Waals surface area contributed by atoms with Crippen molar-refractivity contribution in [1.82, 2.24) is 0 Å². The summed E-state index contributed by atoms with van der Waals surface area (Å²) in [5.41, 5.74) is 21.3. The van der Waals surface area contributed by atoms with Gasteiger partial charge in [-0.05, 0) is 176 Å². The van der Waals surface area contributed by atoms with Crippen molar-refractivity contribution in [2.45, 2.75) is 131 Å². The van der Waals surface area contributed by atoms with Crippen LogP contribution in [0.3, 0.4) is 0 Å². The van der Waals surface area contributed by atoms with E-state index in [9.17, 15) is 0 Å². The van der Waals surface area contributed by atoms with Gasteiger partial charge in [-0.25, -0.2) is 0 Å². The summed E-state index contributed by atoms with van der Waals surface area (Å²) in [5, 5.41) is 9.14. The molecule has 1 aromatic heterocycles. The van der Waals surface area contributed by atoms with Crippen LogP contribution >= 0.6 is 11.3 Å². The van der Waals surface area contributed by atoms with Gasteiger partial charge < -0.3 is 9.80 Å². The molecule has 0 amide bonds. The van der Waals surface area contributed by atoms with Gasteiger partial charge >= 0.3 is 0 Å². The van der Waals surface area contributed by atoms with E-state index in [4.69, 9.17) is 0 Å². The van der Waals surface area contributed by atoms with Crippen molar-refractivity contribution in [3.63, 3.8) is 0 Å². The van der Waals surface area contributed by atoms with Crippen LogP contribution in [0.4, 0.5) is 34.1 Å². The summed E-state index contributed by atoms with van der Waals surface area (Å²) < 4.78 is 2.72. The molecule has 0 radical (unpaired) electrons. The number of hydrogen-bond acceptors (Lipinski definition) is 3. The summed E-state index contributed by atoms with van der Waals surface area (Å²) in [6.07, 6.45) is 0. The summed E-state index contributed by atoms with van der Waals surface area (Å²) in [5.74, 6) is 0. The third-order valence-electron chi connectivity index (χ3n) is 17.3. The molecule has 10 aromatic carbocycles. The lowest BCUT2D eigenvalue weighted by Gasteiger charge is -2.45. The molecule has 0 atom stereocenters. The van der Waals surface area contributed by atoms with Crippen LogP contribution in [0.15, 0.2) is 170 Å². The first-order valence-corrected chi connectivity index (χ1v) is 29.2. The molecule has 4 heteroatoms. The fourth-order valence-corrected chi connectivity index (χ4v) is 14.0. The van der Waals surface area contributed by atoms with Gasteiger partial charge in [0.25, 0.3) is 6.71 Å². The molecule has 2 aliphatic rings. The molecule has 2 nitrogen and oxygen atoms in total. The van der Waals surface area contributed by atoms with Crippen LogP contribution in [0, 0.1) is 0 Å². The summed E-state index contributed by atoms with van der Waals surface area (Å²) in [6, 6.07) is 66.8. The van der Waals surface area contributed by atoms with E-state index in [0.717, 1.165) is 0 Å². The molecule has 11 aromatic rings. The van der Waals surface area contributed by atoms with Gasteiger partial charge in [-0.1, -0.05) is 207 Å². The fraction of sp³-hybridized carbons (Fsp3) is 0.270. The Kier molecular flexibility index (Phi) is 11.1. The van der Waals surface area contributed by atoms with Crippen LogP contribution in [0.5, 0.6) is 0 Å². The van der Waals surface area contributed by atoms with Crippen LogP contribution in [0.2, 0.25) is 0 Å². The smallest absolute Gasteiger partial charge is 0.264 e. The number of thiophene rings is 1. The highest BCUT2D eigenvalue weighted by molar-refractivity contribution is 7.33. The topological polar surface area (TPSA) is 6.48 Å². The van der Waals surface area contributed by atoms with E-state index in [1.807, 2.05) is 11.3 Å². The highest BCUT2D eigenvalue weighted by Gasteiger charge is 2.47. The van der Waals surface area contributed by atoms with Gasteiger partial charge in [0.15, 0.2) is 0 Å². The Labute approximate surface area is 468 Å². The molecule has 2 aliphatic heterocycles. The Morgan fingerprint density at radius 2 is 0.808 bits per heavy atom. The lowest BCUT2D eigenvalue weighted by atomic mass is 9.36. The Bertz CT molecular complexity index is 4170. The summed E-state index contributed by atoms with van der Waals surface area (Å²) >= 11 is 2.00. The quantitative estimate of drug-likeness (QED) is 0.128. The monoisotopic (exact) mass is 1030 g/mol. The SMILES string of the molecule is CC(C)(C)c1ccc2c(c1)B1c3sc4ccc(C(C)(C)C)cc4c3N(c3ccc(C(C)(C)C)cc3-c3ccccc3)c3cc(C(C)(C)C)cc(c31)N2c1ccc(C(C)(C)C)cc1-c1cc2ccc3cccc4ccc(c1)c2c34. The molecule has 0 N–H and O–H groups in total. The second kappa shape index (κ2) is 17.2. The summed E-state index contributed by atoms with van der Waals surface area (Å²) in [4.78, 5) is 5.41. The van der Waals surface area contributed by atoms with Gasteiger partial charge in [0, 0.05) is 43.1 Å². The number of rotatable bonds is 4. The fourth-order valence-electron chi connectivity index (χ4n) is 12.7. The zero-order valence-electron chi connectivity index (χ0n) is 48.5. The van der Waals surface area contributed by atoms with Gasteiger partial charge in [0.2, 0.25) is 0 Å². The van der Waals surface area contributed by atoms with Gasteiger partial charge in [-0.3, -0.25) is 0 Å². The number of hydrogen-bond donors (Lipinski definition) is 0. The van der Waals surface area contributed by atoms with Crippen molar-refractivity contribution < 1.29 is 0 Å². The molecular weight excluding hydrogens is 960 g/mol. The van der Waals surface area contributed by atoms with Gasteiger partial charge in [-0.15, -0.1) is 11.3 Å². The van der Waals surface area contributed by atoms with E-state index in [1.54, 1.807) is 0 Å². The highest BCUT2D eigenvalue weighted by Crippen LogP contribution is 2.54. The normalized spacial score (nSPS) is 14.0. The maximum atomic E-state index is 2.72. The molecule has 388 valence electrons. The molecule has 0 spiro atoms. The molecule has 0 saturated heterocycles. The van der Waals surface area contributed by atoms with E-state index in [0.29, 0.717) is 0 Å². The van der Waals surface area contributed by atoms with E-state index in [-0.39, 0.29) is 33.8 Å². The first-order valence-electron chi connectivity index (χ1n) is 28.4. The molecule has 13 rings (SSSR count). The average molecular weight is 1030 g/mol. The molecule has 0 saturated carbocycles. The van der Waals surface area contributed by atoms with Crippen molar-refractivity contribution in [2.24, 2.45) is 0 Å². The third kappa shape index (κ3) is 8.02. The van der Waals surface area contributed by atoms with Gasteiger partial charge in [-0.2, -0.15) is 0 Å². The first-order chi connectivity index (χ1) is 36.8. The number of anilines is 6. The van der Waals surface area contributed by atoms with Crippen molar-refractivity contribution >= 4 is 110 Å². The van der Waals surface area contributed by atoms with Crippen molar-refractivity contribution in [3.05, 3.63) is 198 Å². The van der Waals surface area contributed by atoms with Crippen LogP contribution in [0.1, 0.15) is 132 Å². The zero-order valence-corrected chi connectivity index (χ0v) is 49.4. The molecule has 3 heterocycles. The lowest BCUT2D eigenvalue weighted by Crippen LogP contribution is -2.60. The molecule has 78 heavy (non-hydrogen) atoms. The zero-order chi connectivity index (χ0) is 54.7. The summed E-state index contributed by atoms with van der Waals surface area (Å²) in [6.45, 7) is 35.4. The second-order valence-corrected chi connectivity index (χ2v) is 29.0. The highest BCUT2D eigenvalue weighted by atomic mass is 32.1. The van der Waals surface area contributed by atoms with Crippen LogP contribution in [-0.4, -0.2) is 6.71 Å². The average Bonchev–Trinajstić information content (AvgIpc) is 2.96.